The highest BCUT2D eigenvalue weighted by atomic mass is 16.6. The van der Waals surface area contributed by atoms with E-state index in [0.717, 1.165) is 18.1 Å². The fourth-order valence-corrected chi connectivity index (χ4v) is 3.85. The summed E-state index contributed by atoms with van der Waals surface area (Å²) in [5, 5.41) is 3.17. The maximum atomic E-state index is 12.3. The number of ether oxygens (including phenoxy) is 2. The van der Waals surface area contributed by atoms with Crippen LogP contribution in [0.1, 0.15) is 25.7 Å². The van der Waals surface area contributed by atoms with Crippen LogP contribution in [-0.2, 0) is 4.79 Å². The van der Waals surface area contributed by atoms with Crippen molar-refractivity contribution >= 4 is 5.91 Å². The number of hydrogen-bond acceptors (Lipinski definition) is 3. The highest BCUT2D eigenvalue weighted by molar-refractivity contribution is 5.82. The fraction of sp³-hybridized carbons (Fsp3) is 0.562. The number of carbonyl (C=O) groups is 1. The van der Waals surface area contributed by atoms with Gasteiger partial charge in [0.25, 0.3) is 5.91 Å². The van der Waals surface area contributed by atoms with Crippen LogP contribution in [-0.4, -0.2) is 24.7 Å². The molecule has 1 aliphatic heterocycles. The van der Waals surface area contributed by atoms with E-state index in [1.165, 1.54) is 19.3 Å². The second kappa shape index (κ2) is 4.69. The number of nitrogens with one attached hydrogen (secondary N) is 1. The van der Waals surface area contributed by atoms with Gasteiger partial charge in [0.15, 0.2) is 11.5 Å². The van der Waals surface area contributed by atoms with Crippen LogP contribution in [0.2, 0.25) is 0 Å². The van der Waals surface area contributed by atoms with E-state index in [9.17, 15) is 4.79 Å². The van der Waals surface area contributed by atoms with Crippen molar-refractivity contribution in [2.45, 2.75) is 37.8 Å². The summed E-state index contributed by atoms with van der Waals surface area (Å²) in [4.78, 5) is 12.3. The van der Waals surface area contributed by atoms with Gasteiger partial charge in [0.05, 0.1) is 0 Å². The van der Waals surface area contributed by atoms with Crippen molar-refractivity contribution in [1.29, 1.82) is 0 Å². The summed E-state index contributed by atoms with van der Waals surface area (Å²) in [6.45, 7) is 0.295. The van der Waals surface area contributed by atoms with Crippen LogP contribution in [0.3, 0.4) is 0 Å². The van der Waals surface area contributed by atoms with E-state index in [-0.39, 0.29) is 5.91 Å². The summed E-state index contributed by atoms with van der Waals surface area (Å²) in [7, 11) is 0. The fourth-order valence-electron chi connectivity index (χ4n) is 3.85. The number of rotatable bonds is 2. The smallest absolute Gasteiger partial charge is 0.264 e. The van der Waals surface area contributed by atoms with E-state index in [0.29, 0.717) is 24.3 Å². The molecule has 0 spiro atoms. The largest absolute Gasteiger partial charge is 0.485 e. The van der Waals surface area contributed by atoms with Gasteiger partial charge < -0.3 is 14.8 Å². The van der Waals surface area contributed by atoms with E-state index in [4.69, 9.17) is 9.47 Å². The Labute approximate surface area is 118 Å². The Balaban J connectivity index is 1.40. The minimum absolute atomic E-state index is 0.0305. The number of amides is 1. The average molecular weight is 273 g/mol. The first kappa shape index (κ1) is 12.1. The lowest BCUT2D eigenvalue weighted by atomic mass is 9.95. The molecule has 0 aromatic heterocycles. The first-order valence-corrected chi connectivity index (χ1v) is 7.48. The summed E-state index contributed by atoms with van der Waals surface area (Å²) in [5.74, 6) is 2.86. The number of fused-ring (bicyclic) bond motifs is 3. The van der Waals surface area contributed by atoms with Gasteiger partial charge in [-0.05, 0) is 43.2 Å². The monoisotopic (exact) mass is 273 g/mol. The maximum Gasteiger partial charge on any atom is 0.264 e. The molecule has 2 aliphatic carbocycles. The Morgan fingerprint density at radius 1 is 1.15 bits per heavy atom. The molecule has 20 heavy (non-hydrogen) atoms. The molecule has 1 heterocycles. The van der Waals surface area contributed by atoms with Crippen LogP contribution < -0.4 is 14.8 Å². The molecular formula is C16H19NO3. The predicted octanol–water partition coefficient (Wildman–Crippen LogP) is 2.13. The normalized spacial score (nSPS) is 34.0. The Morgan fingerprint density at radius 3 is 2.75 bits per heavy atom. The van der Waals surface area contributed by atoms with E-state index >= 15 is 0 Å². The maximum absolute atomic E-state index is 12.3. The van der Waals surface area contributed by atoms with Gasteiger partial charge in [-0.1, -0.05) is 18.6 Å². The zero-order valence-electron chi connectivity index (χ0n) is 11.4. The van der Waals surface area contributed by atoms with E-state index in [1.807, 2.05) is 24.3 Å². The third-order valence-corrected chi connectivity index (χ3v) is 4.87. The average Bonchev–Trinajstić information content (AvgIpc) is 3.09. The number of carbonyl (C=O) groups excluding carboxylic acids is 1. The molecule has 4 nitrogen and oxygen atoms in total. The highest BCUT2D eigenvalue weighted by Gasteiger charge is 2.41. The molecule has 1 aromatic rings. The highest BCUT2D eigenvalue weighted by Crippen LogP contribution is 2.44. The van der Waals surface area contributed by atoms with E-state index in [1.54, 1.807) is 0 Å². The molecule has 2 fully saturated rings. The van der Waals surface area contributed by atoms with Crippen molar-refractivity contribution in [2.24, 2.45) is 11.8 Å². The van der Waals surface area contributed by atoms with Crippen molar-refractivity contribution in [1.82, 2.24) is 5.32 Å². The summed E-state index contributed by atoms with van der Waals surface area (Å²) in [5.41, 5.74) is 0. The SMILES string of the molecule is O=C(N[C@H]1C[C@@H]2CC[C@@H]1C2)[C@H]1COc2ccccc2O1. The van der Waals surface area contributed by atoms with Crippen LogP contribution in [0.5, 0.6) is 11.5 Å². The topological polar surface area (TPSA) is 47.6 Å². The number of hydrogen-bond donors (Lipinski definition) is 1. The summed E-state index contributed by atoms with van der Waals surface area (Å²) >= 11 is 0. The molecule has 0 radical (unpaired) electrons. The molecule has 1 amide bonds. The van der Waals surface area contributed by atoms with Crippen molar-refractivity contribution in [3.63, 3.8) is 0 Å². The van der Waals surface area contributed by atoms with Gasteiger partial charge in [-0.2, -0.15) is 0 Å². The summed E-state index contributed by atoms with van der Waals surface area (Å²) < 4.78 is 11.3. The van der Waals surface area contributed by atoms with Crippen LogP contribution in [0.25, 0.3) is 0 Å². The minimum atomic E-state index is -0.524. The van der Waals surface area contributed by atoms with E-state index in [2.05, 4.69) is 5.32 Å². The van der Waals surface area contributed by atoms with Gasteiger partial charge in [0, 0.05) is 6.04 Å². The second-order valence-electron chi connectivity index (χ2n) is 6.15. The Bertz CT molecular complexity index is 530. The summed E-state index contributed by atoms with van der Waals surface area (Å²) in [6, 6.07) is 7.84. The van der Waals surface area contributed by atoms with Gasteiger partial charge in [0.1, 0.15) is 6.61 Å². The van der Waals surface area contributed by atoms with Crippen molar-refractivity contribution in [3.05, 3.63) is 24.3 Å². The lowest BCUT2D eigenvalue weighted by Crippen LogP contribution is -2.49. The molecule has 2 saturated carbocycles. The standard InChI is InChI=1S/C16H19NO3/c18-16(17-12-8-10-5-6-11(12)7-10)15-9-19-13-3-1-2-4-14(13)20-15/h1-4,10-12,15H,5-9H2,(H,17,18)/t10-,11-,12+,15-/m1/s1. The Hall–Kier alpha value is -1.71. The molecule has 4 heteroatoms. The lowest BCUT2D eigenvalue weighted by molar-refractivity contribution is -0.131. The third-order valence-electron chi connectivity index (χ3n) is 4.87. The minimum Gasteiger partial charge on any atom is -0.485 e. The Morgan fingerprint density at radius 2 is 2.00 bits per heavy atom. The molecular weight excluding hydrogens is 254 g/mol. The molecule has 0 unspecified atom stereocenters. The molecule has 1 aromatic carbocycles. The molecule has 1 N–H and O–H groups in total. The predicted molar refractivity (Wildman–Crippen MR) is 73.7 cm³/mol. The molecule has 4 rings (SSSR count). The van der Waals surface area contributed by atoms with Crippen LogP contribution in [0.15, 0.2) is 24.3 Å². The van der Waals surface area contributed by atoms with E-state index < -0.39 is 6.10 Å². The number of benzene rings is 1. The molecule has 2 bridgehead atoms. The Kier molecular flexibility index (Phi) is 2.83. The zero-order chi connectivity index (χ0) is 13.5. The second-order valence-corrected chi connectivity index (χ2v) is 6.15. The molecule has 4 atom stereocenters. The van der Waals surface area contributed by atoms with Gasteiger partial charge >= 0.3 is 0 Å². The van der Waals surface area contributed by atoms with Crippen LogP contribution >= 0.6 is 0 Å². The zero-order valence-corrected chi connectivity index (χ0v) is 11.4. The lowest BCUT2D eigenvalue weighted by Gasteiger charge is -2.29. The van der Waals surface area contributed by atoms with Crippen molar-refractivity contribution in [3.8, 4) is 11.5 Å². The van der Waals surface area contributed by atoms with Gasteiger partial charge in [-0.25, -0.2) is 0 Å². The first-order chi connectivity index (χ1) is 9.79. The van der Waals surface area contributed by atoms with Crippen molar-refractivity contribution in [2.75, 3.05) is 6.61 Å². The number of para-hydroxylation sites is 2. The van der Waals surface area contributed by atoms with Crippen molar-refractivity contribution < 1.29 is 14.3 Å². The first-order valence-electron chi connectivity index (χ1n) is 7.48. The van der Waals surface area contributed by atoms with Gasteiger partial charge in [0.2, 0.25) is 6.10 Å². The molecule has 0 saturated heterocycles. The third kappa shape index (κ3) is 2.03. The van der Waals surface area contributed by atoms with Gasteiger partial charge in [-0.3, -0.25) is 4.79 Å². The molecule has 106 valence electrons. The van der Waals surface area contributed by atoms with Crippen LogP contribution in [0, 0.1) is 11.8 Å². The van der Waals surface area contributed by atoms with Crippen LogP contribution in [0.4, 0.5) is 0 Å². The molecule has 3 aliphatic rings. The quantitative estimate of drug-likeness (QED) is 0.898. The van der Waals surface area contributed by atoms with Gasteiger partial charge in [-0.15, -0.1) is 0 Å². The summed E-state index contributed by atoms with van der Waals surface area (Å²) in [6.07, 6.45) is 4.51.